The van der Waals surface area contributed by atoms with E-state index >= 15 is 0 Å². The van der Waals surface area contributed by atoms with Crippen molar-refractivity contribution in [3.8, 4) is 0 Å². The van der Waals surface area contributed by atoms with Crippen molar-refractivity contribution in [2.24, 2.45) is 0 Å². The Bertz CT molecular complexity index is 662. The van der Waals surface area contributed by atoms with Gasteiger partial charge in [-0.1, -0.05) is 6.07 Å². The van der Waals surface area contributed by atoms with Crippen molar-refractivity contribution in [2.75, 3.05) is 11.1 Å². The van der Waals surface area contributed by atoms with Gasteiger partial charge >= 0.3 is 0 Å². The summed E-state index contributed by atoms with van der Waals surface area (Å²) in [7, 11) is 0. The summed E-state index contributed by atoms with van der Waals surface area (Å²) in [5.41, 5.74) is 7.06. The third-order valence-electron chi connectivity index (χ3n) is 2.61. The van der Waals surface area contributed by atoms with Gasteiger partial charge in [-0.05, 0) is 51.8 Å². The molecule has 0 fully saturated rings. The van der Waals surface area contributed by atoms with Crippen molar-refractivity contribution in [1.82, 2.24) is 0 Å². The van der Waals surface area contributed by atoms with Crippen LogP contribution in [0.3, 0.4) is 0 Å². The Balaban J connectivity index is 2.09. The van der Waals surface area contributed by atoms with Crippen LogP contribution in [0.15, 0.2) is 40.9 Å². The molecule has 2 rings (SSSR count). The predicted octanol–water partition coefficient (Wildman–Crippen LogP) is 3.49. The first kappa shape index (κ1) is 14.5. The van der Waals surface area contributed by atoms with E-state index in [2.05, 4.69) is 21.2 Å². The van der Waals surface area contributed by atoms with E-state index in [1.165, 1.54) is 6.07 Å². The standard InChI is InChI=1S/C14H11BrF2N2O/c15-10-3-2-9(18)7-13(10)19-14(20)6-8-1-4-11(16)12(17)5-8/h1-5,7H,6,18H2,(H,19,20). The summed E-state index contributed by atoms with van der Waals surface area (Å²) in [4.78, 5) is 11.9. The van der Waals surface area contributed by atoms with E-state index in [9.17, 15) is 13.6 Å². The molecule has 0 bridgehead atoms. The van der Waals surface area contributed by atoms with Gasteiger partial charge < -0.3 is 11.1 Å². The lowest BCUT2D eigenvalue weighted by Gasteiger charge is -2.08. The highest BCUT2D eigenvalue weighted by atomic mass is 79.9. The molecule has 0 aliphatic carbocycles. The lowest BCUT2D eigenvalue weighted by Crippen LogP contribution is -2.15. The zero-order chi connectivity index (χ0) is 14.7. The normalized spacial score (nSPS) is 10.3. The average Bonchev–Trinajstić information content (AvgIpc) is 2.38. The van der Waals surface area contributed by atoms with Crippen LogP contribution in [0.2, 0.25) is 0 Å². The molecule has 0 spiro atoms. The quantitative estimate of drug-likeness (QED) is 0.840. The lowest BCUT2D eigenvalue weighted by atomic mass is 10.1. The number of hydrogen-bond acceptors (Lipinski definition) is 2. The van der Waals surface area contributed by atoms with Gasteiger partial charge in [0, 0.05) is 10.2 Å². The van der Waals surface area contributed by atoms with Gasteiger partial charge in [-0.2, -0.15) is 0 Å². The van der Waals surface area contributed by atoms with Crippen LogP contribution in [-0.2, 0) is 11.2 Å². The van der Waals surface area contributed by atoms with Gasteiger partial charge in [0.25, 0.3) is 0 Å². The van der Waals surface area contributed by atoms with Crippen molar-refractivity contribution in [3.05, 3.63) is 58.1 Å². The van der Waals surface area contributed by atoms with Gasteiger partial charge in [-0.25, -0.2) is 8.78 Å². The second kappa shape index (κ2) is 6.00. The molecule has 6 heteroatoms. The fourth-order valence-electron chi connectivity index (χ4n) is 1.67. The molecule has 0 saturated heterocycles. The van der Waals surface area contributed by atoms with Crippen LogP contribution >= 0.6 is 15.9 Å². The number of nitrogens with two attached hydrogens (primary N) is 1. The molecule has 0 heterocycles. The molecule has 20 heavy (non-hydrogen) atoms. The average molecular weight is 341 g/mol. The summed E-state index contributed by atoms with van der Waals surface area (Å²) in [6.45, 7) is 0. The number of rotatable bonds is 3. The van der Waals surface area contributed by atoms with Gasteiger partial charge in [-0.15, -0.1) is 0 Å². The summed E-state index contributed by atoms with van der Waals surface area (Å²) in [5.74, 6) is -2.25. The van der Waals surface area contributed by atoms with Crippen LogP contribution in [0.25, 0.3) is 0 Å². The number of halogens is 3. The van der Waals surface area contributed by atoms with Crippen molar-refractivity contribution in [3.63, 3.8) is 0 Å². The van der Waals surface area contributed by atoms with Crippen molar-refractivity contribution < 1.29 is 13.6 Å². The maximum atomic E-state index is 13.0. The molecule has 1 amide bonds. The fraction of sp³-hybridized carbons (Fsp3) is 0.0714. The molecule has 0 aliphatic heterocycles. The molecule has 0 atom stereocenters. The van der Waals surface area contributed by atoms with E-state index in [1.807, 2.05) is 0 Å². The highest BCUT2D eigenvalue weighted by molar-refractivity contribution is 9.10. The minimum absolute atomic E-state index is 0.0571. The molecule has 0 unspecified atom stereocenters. The van der Waals surface area contributed by atoms with Crippen LogP contribution in [0, 0.1) is 11.6 Å². The fourth-order valence-corrected chi connectivity index (χ4v) is 2.01. The second-order valence-electron chi connectivity index (χ2n) is 4.21. The van der Waals surface area contributed by atoms with Crippen LogP contribution in [0.1, 0.15) is 5.56 Å². The number of nitrogen functional groups attached to an aromatic ring is 1. The first-order valence-corrected chi connectivity index (χ1v) is 6.54. The van der Waals surface area contributed by atoms with Gasteiger partial charge in [-0.3, -0.25) is 4.79 Å². The van der Waals surface area contributed by atoms with E-state index in [0.717, 1.165) is 12.1 Å². The second-order valence-corrected chi connectivity index (χ2v) is 5.07. The summed E-state index contributed by atoms with van der Waals surface area (Å²) in [6.07, 6.45) is -0.0571. The Morgan fingerprint density at radius 3 is 2.60 bits per heavy atom. The Hall–Kier alpha value is -1.95. The minimum Gasteiger partial charge on any atom is -0.399 e. The maximum Gasteiger partial charge on any atom is 0.228 e. The number of benzene rings is 2. The molecule has 3 N–H and O–H groups in total. The van der Waals surface area contributed by atoms with Gasteiger partial charge in [0.15, 0.2) is 11.6 Å². The zero-order valence-corrected chi connectivity index (χ0v) is 11.9. The summed E-state index contributed by atoms with van der Waals surface area (Å²) < 4.78 is 26.5. The SMILES string of the molecule is Nc1ccc(Br)c(NC(=O)Cc2ccc(F)c(F)c2)c1. The first-order valence-electron chi connectivity index (χ1n) is 5.74. The van der Waals surface area contributed by atoms with Crippen LogP contribution in [0.5, 0.6) is 0 Å². The summed E-state index contributed by atoms with van der Waals surface area (Å²) in [6, 6.07) is 8.37. The molecule has 0 radical (unpaired) electrons. The largest absolute Gasteiger partial charge is 0.399 e. The summed E-state index contributed by atoms with van der Waals surface area (Å²) in [5, 5.41) is 2.65. The molecule has 3 nitrogen and oxygen atoms in total. The Morgan fingerprint density at radius 1 is 1.15 bits per heavy atom. The molecule has 0 aromatic heterocycles. The third kappa shape index (κ3) is 3.54. The topological polar surface area (TPSA) is 55.1 Å². The lowest BCUT2D eigenvalue weighted by molar-refractivity contribution is -0.115. The third-order valence-corrected chi connectivity index (χ3v) is 3.30. The van der Waals surface area contributed by atoms with Gasteiger partial charge in [0.1, 0.15) is 0 Å². The Kier molecular flexibility index (Phi) is 4.34. The number of anilines is 2. The van der Waals surface area contributed by atoms with Crippen LogP contribution in [-0.4, -0.2) is 5.91 Å². The minimum atomic E-state index is -0.972. The van der Waals surface area contributed by atoms with Crippen molar-refractivity contribution in [2.45, 2.75) is 6.42 Å². The molecule has 2 aromatic rings. The molecular formula is C14H11BrF2N2O. The van der Waals surface area contributed by atoms with Crippen molar-refractivity contribution in [1.29, 1.82) is 0 Å². The van der Waals surface area contributed by atoms with Gasteiger partial charge in [0.2, 0.25) is 5.91 Å². The van der Waals surface area contributed by atoms with E-state index in [4.69, 9.17) is 5.73 Å². The summed E-state index contributed by atoms with van der Waals surface area (Å²) >= 11 is 3.29. The number of hydrogen-bond donors (Lipinski definition) is 2. The Morgan fingerprint density at radius 2 is 1.90 bits per heavy atom. The van der Waals surface area contributed by atoms with E-state index in [1.54, 1.807) is 18.2 Å². The first-order chi connectivity index (χ1) is 9.45. The maximum absolute atomic E-state index is 13.0. The zero-order valence-electron chi connectivity index (χ0n) is 10.3. The number of carbonyl (C=O) groups excluding carboxylic acids is 1. The van der Waals surface area contributed by atoms with Crippen LogP contribution < -0.4 is 11.1 Å². The van der Waals surface area contributed by atoms with Crippen molar-refractivity contribution >= 4 is 33.2 Å². The molecule has 0 saturated carbocycles. The smallest absolute Gasteiger partial charge is 0.228 e. The van der Waals surface area contributed by atoms with Gasteiger partial charge in [0.05, 0.1) is 12.1 Å². The van der Waals surface area contributed by atoms with E-state index in [0.29, 0.717) is 21.4 Å². The predicted molar refractivity (Wildman–Crippen MR) is 77.2 cm³/mol. The molecule has 0 aliphatic rings. The Labute approximate surface area is 122 Å². The molecule has 104 valence electrons. The molecule has 2 aromatic carbocycles. The highest BCUT2D eigenvalue weighted by Gasteiger charge is 2.09. The number of amides is 1. The number of nitrogens with one attached hydrogen (secondary N) is 1. The van der Waals surface area contributed by atoms with Crippen LogP contribution in [0.4, 0.5) is 20.2 Å². The number of carbonyl (C=O) groups is 1. The monoisotopic (exact) mass is 340 g/mol. The highest BCUT2D eigenvalue weighted by Crippen LogP contribution is 2.24. The van der Waals surface area contributed by atoms with E-state index in [-0.39, 0.29) is 12.3 Å². The molecular weight excluding hydrogens is 330 g/mol. The van der Waals surface area contributed by atoms with E-state index < -0.39 is 11.6 Å².